The van der Waals surface area contributed by atoms with E-state index in [-0.39, 0.29) is 6.03 Å². The second-order valence-electron chi connectivity index (χ2n) is 7.45. The van der Waals surface area contributed by atoms with Crippen LogP contribution in [0.4, 0.5) is 10.5 Å². The maximum Gasteiger partial charge on any atom is 0.319 e. The molecule has 1 aromatic carbocycles. The quantitative estimate of drug-likeness (QED) is 0.880. The minimum Gasteiger partial charge on any atom is -0.381 e. The number of ether oxygens (including phenoxy) is 1. The number of anilines is 1. The van der Waals surface area contributed by atoms with Crippen molar-refractivity contribution in [2.45, 2.75) is 45.6 Å². The molecule has 138 valence electrons. The summed E-state index contributed by atoms with van der Waals surface area (Å²) in [5.74, 6) is 0.542. The molecule has 2 saturated heterocycles. The zero-order valence-electron chi connectivity index (χ0n) is 15.5. The number of carbonyl (C=O) groups is 1. The molecule has 2 N–H and O–H groups in total. The highest BCUT2D eigenvalue weighted by atomic mass is 16.5. The number of benzene rings is 1. The van der Waals surface area contributed by atoms with Crippen LogP contribution in [0.25, 0.3) is 0 Å². The van der Waals surface area contributed by atoms with Gasteiger partial charge in [0.05, 0.1) is 0 Å². The molecule has 3 rings (SSSR count). The summed E-state index contributed by atoms with van der Waals surface area (Å²) in [4.78, 5) is 14.9. The van der Waals surface area contributed by atoms with E-state index in [1.807, 2.05) is 32.0 Å². The van der Waals surface area contributed by atoms with Crippen molar-refractivity contribution in [3.63, 3.8) is 0 Å². The van der Waals surface area contributed by atoms with E-state index in [4.69, 9.17) is 4.74 Å². The van der Waals surface area contributed by atoms with Crippen molar-refractivity contribution in [1.82, 2.24) is 10.2 Å². The smallest absolute Gasteiger partial charge is 0.319 e. The molecule has 2 fully saturated rings. The zero-order chi connectivity index (χ0) is 17.6. The van der Waals surface area contributed by atoms with Crippen LogP contribution in [-0.2, 0) is 4.74 Å². The van der Waals surface area contributed by atoms with Gasteiger partial charge in [-0.05, 0) is 63.1 Å². The number of carbonyl (C=O) groups excluding carboxylic acids is 1. The fraction of sp³-hybridized carbons (Fsp3) is 0.650. The van der Waals surface area contributed by atoms with E-state index >= 15 is 0 Å². The van der Waals surface area contributed by atoms with Crippen LogP contribution in [0.3, 0.4) is 0 Å². The average Bonchev–Trinajstić information content (AvgIpc) is 2.64. The van der Waals surface area contributed by atoms with Crippen LogP contribution < -0.4 is 10.6 Å². The molecule has 0 unspecified atom stereocenters. The van der Waals surface area contributed by atoms with Gasteiger partial charge >= 0.3 is 6.03 Å². The number of likely N-dealkylation sites (tertiary alicyclic amines) is 1. The average molecular weight is 345 g/mol. The van der Waals surface area contributed by atoms with Crippen LogP contribution in [0.5, 0.6) is 0 Å². The van der Waals surface area contributed by atoms with Gasteiger partial charge in [0.1, 0.15) is 0 Å². The number of nitrogens with zero attached hydrogens (tertiary/aromatic N) is 1. The fourth-order valence-electron chi connectivity index (χ4n) is 4.05. The highest BCUT2D eigenvalue weighted by molar-refractivity contribution is 5.90. The van der Waals surface area contributed by atoms with Crippen molar-refractivity contribution >= 4 is 11.7 Å². The van der Waals surface area contributed by atoms with Crippen molar-refractivity contribution in [2.24, 2.45) is 5.92 Å². The van der Waals surface area contributed by atoms with E-state index < -0.39 is 0 Å². The van der Waals surface area contributed by atoms with Gasteiger partial charge in [0.15, 0.2) is 0 Å². The number of aryl methyl sites for hydroxylation is 2. The van der Waals surface area contributed by atoms with Gasteiger partial charge < -0.3 is 15.4 Å². The Bertz CT molecular complexity index is 564. The van der Waals surface area contributed by atoms with Gasteiger partial charge in [-0.2, -0.15) is 0 Å². The predicted molar refractivity (Wildman–Crippen MR) is 101 cm³/mol. The fourth-order valence-corrected chi connectivity index (χ4v) is 4.05. The lowest BCUT2D eigenvalue weighted by molar-refractivity contribution is 0.0181. The number of hydrogen-bond acceptors (Lipinski definition) is 3. The SMILES string of the molecule is Cc1cccc(C)c1NC(=O)NC[C@@H]1CCCN(C2CCOCC2)C1. The topological polar surface area (TPSA) is 53.6 Å². The lowest BCUT2D eigenvalue weighted by Gasteiger charge is -2.40. The Labute approximate surface area is 151 Å². The molecule has 1 atom stereocenters. The lowest BCUT2D eigenvalue weighted by atomic mass is 9.95. The minimum atomic E-state index is -0.0967. The number of urea groups is 1. The van der Waals surface area contributed by atoms with Crippen LogP contribution in [0.1, 0.15) is 36.8 Å². The summed E-state index contributed by atoms with van der Waals surface area (Å²) >= 11 is 0. The molecule has 0 aromatic heterocycles. The van der Waals surface area contributed by atoms with Crippen molar-refractivity contribution in [1.29, 1.82) is 0 Å². The first-order valence-electron chi connectivity index (χ1n) is 9.56. The molecular formula is C20H31N3O2. The Morgan fingerprint density at radius 1 is 1.20 bits per heavy atom. The van der Waals surface area contributed by atoms with Crippen LogP contribution in [0.15, 0.2) is 18.2 Å². The Kier molecular flexibility index (Phi) is 6.32. The highest BCUT2D eigenvalue weighted by Crippen LogP contribution is 2.23. The summed E-state index contributed by atoms with van der Waals surface area (Å²) in [6, 6.07) is 6.63. The molecule has 2 aliphatic heterocycles. The van der Waals surface area contributed by atoms with Gasteiger partial charge in [-0.25, -0.2) is 4.79 Å². The summed E-state index contributed by atoms with van der Waals surface area (Å²) in [5.41, 5.74) is 3.12. The van der Waals surface area contributed by atoms with E-state index in [0.717, 1.165) is 56.0 Å². The summed E-state index contributed by atoms with van der Waals surface area (Å²) in [6.45, 7) is 8.86. The Morgan fingerprint density at radius 3 is 2.64 bits per heavy atom. The molecule has 5 nitrogen and oxygen atoms in total. The summed E-state index contributed by atoms with van der Waals surface area (Å²) < 4.78 is 5.48. The third-order valence-electron chi connectivity index (χ3n) is 5.53. The maximum atomic E-state index is 12.3. The third kappa shape index (κ3) is 4.95. The first-order chi connectivity index (χ1) is 12.1. The van der Waals surface area contributed by atoms with Crippen LogP contribution in [0, 0.1) is 19.8 Å². The molecule has 2 aliphatic rings. The molecule has 25 heavy (non-hydrogen) atoms. The number of rotatable bonds is 4. The number of piperidine rings is 1. The summed E-state index contributed by atoms with van der Waals surface area (Å²) in [7, 11) is 0. The molecule has 5 heteroatoms. The number of amides is 2. The second kappa shape index (κ2) is 8.68. The number of nitrogens with one attached hydrogen (secondary N) is 2. The Morgan fingerprint density at radius 2 is 1.92 bits per heavy atom. The van der Waals surface area contributed by atoms with Gasteiger partial charge in [0.2, 0.25) is 0 Å². The van der Waals surface area contributed by atoms with Crippen molar-refractivity contribution in [3.8, 4) is 0 Å². The van der Waals surface area contributed by atoms with E-state index in [9.17, 15) is 4.79 Å². The lowest BCUT2D eigenvalue weighted by Crippen LogP contribution is -2.47. The summed E-state index contributed by atoms with van der Waals surface area (Å²) in [5, 5.41) is 6.09. The molecule has 2 amide bonds. The zero-order valence-corrected chi connectivity index (χ0v) is 15.5. The first kappa shape index (κ1) is 18.2. The normalized spacial score (nSPS) is 22.6. The highest BCUT2D eigenvalue weighted by Gasteiger charge is 2.27. The van der Waals surface area contributed by atoms with Crippen LogP contribution in [-0.4, -0.2) is 49.8 Å². The van der Waals surface area contributed by atoms with E-state index in [1.165, 1.54) is 19.4 Å². The van der Waals surface area contributed by atoms with Gasteiger partial charge in [-0.3, -0.25) is 4.90 Å². The van der Waals surface area contributed by atoms with Crippen LogP contribution in [0.2, 0.25) is 0 Å². The monoisotopic (exact) mass is 345 g/mol. The van der Waals surface area contributed by atoms with Crippen molar-refractivity contribution in [2.75, 3.05) is 38.2 Å². The van der Waals surface area contributed by atoms with Crippen LogP contribution >= 0.6 is 0 Å². The number of para-hydroxylation sites is 1. The molecule has 1 aromatic rings. The molecule has 0 spiro atoms. The van der Waals surface area contributed by atoms with E-state index in [0.29, 0.717) is 12.0 Å². The largest absolute Gasteiger partial charge is 0.381 e. The molecule has 2 heterocycles. The van der Waals surface area contributed by atoms with Crippen molar-refractivity contribution in [3.05, 3.63) is 29.3 Å². The van der Waals surface area contributed by atoms with E-state index in [1.54, 1.807) is 0 Å². The van der Waals surface area contributed by atoms with Gasteiger partial charge in [0, 0.05) is 38.0 Å². The van der Waals surface area contributed by atoms with Crippen molar-refractivity contribution < 1.29 is 9.53 Å². The predicted octanol–water partition coefficient (Wildman–Crippen LogP) is 3.32. The molecular weight excluding hydrogens is 314 g/mol. The molecule has 0 saturated carbocycles. The standard InChI is InChI=1S/C20H31N3O2/c1-15-5-3-6-16(2)19(15)22-20(24)21-13-17-7-4-10-23(14-17)18-8-11-25-12-9-18/h3,5-6,17-18H,4,7-14H2,1-2H3,(H2,21,22,24)/t17-/m0/s1. The number of hydrogen-bond donors (Lipinski definition) is 2. The van der Waals surface area contributed by atoms with E-state index in [2.05, 4.69) is 15.5 Å². The minimum absolute atomic E-state index is 0.0967. The Balaban J connectivity index is 1.46. The second-order valence-corrected chi connectivity index (χ2v) is 7.45. The van der Waals surface area contributed by atoms with Gasteiger partial charge in [-0.1, -0.05) is 18.2 Å². The van der Waals surface area contributed by atoms with Gasteiger partial charge in [-0.15, -0.1) is 0 Å². The first-order valence-corrected chi connectivity index (χ1v) is 9.56. The Hall–Kier alpha value is -1.59. The summed E-state index contributed by atoms with van der Waals surface area (Å²) in [6.07, 6.45) is 4.71. The van der Waals surface area contributed by atoms with Gasteiger partial charge in [0.25, 0.3) is 0 Å². The third-order valence-corrected chi connectivity index (χ3v) is 5.53. The maximum absolute atomic E-state index is 12.3. The molecule has 0 aliphatic carbocycles. The molecule has 0 bridgehead atoms. The molecule has 0 radical (unpaired) electrons.